The molecule has 1 atom stereocenters. The maximum absolute atomic E-state index is 9.33. The van der Waals surface area contributed by atoms with Gasteiger partial charge in [-0.2, -0.15) is 0 Å². The summed E-state index contributed by atoms with van der Waals surface area (Å²) in [6, 6.07) is 0. The second kappa shape index (κ2) is 4.84. The van der Waals surface area contributed by atoms with Crippen LogP contribution in [0, 0.1) is 0 Å². The molecule has 0 amide bonds. The van der Waals surface area contributed by atoms with E-state index >= 15 is 0 Å². The Morgan fingerprint density at radius 3 is 2.59 bits per heavy atom. The number of aliphatic hydroxyl groups is 1. The van der Waals surface area contributed by atoms with Gasteiger partial charge < -0.3 is 14.6 Å². The Hall–Kier alpha value is -0.160. The molecule has 1 N–H and O–H groups in total. The number of rotatable bonds is 4. The van der Waals surface area contributed by atoms with E-state index < -0.39 is 0 Å². The lowest BCUT2D eigenvalue weighted by molar-refractivity contribution is -0.164. The molecular formula is C13H25NO3. The average molecular weight is 243 g/mol. The summed E-state index contributed by atoms with van der Waals surface area (Å²) >= 11 is 0. The zero-order valence-electron chi connectivity index (χ0n) is 11.2. The first kappa shape index (κ1) is 13.3. The van der Waals surface area contributed by atoms with E-state index in [2.05, 4.69) is 4.90 Å². The molecule has 1 heterocycles. The van der Waals surface area contributed by atoms with E-state index in [1.807, 2.05) is 20.9 Å². The van der Waals surface area contributed by atoms with Crippen LogP contribution >= 0.6 is 0 Å². The summed E-state index contributed by atoms with van der Waals surface area (Å²) in [5, 5.41) is 9.33. The fourth-order valence-corrected chi connectivity index (χ4v) is 2.56. The highest BCUT2D eigenvalue weighted by Gasteiger charge is 2.44. The van der Waals surface area contributed by atoms with Crippen LogP contribution in [0.5, 0.6) is 0 Å². The molecule has 1 saturated heterocycles. The van der Waals surface area contributed by atoms with Crippen LogP contribution in [0.3, 0.4) is 0 Å². The van der Waals surface area contributed by atoms with Crippen molar-refractivity contribution >= 4 is 0 Å². The van der Waals surface area contributed by atoms with Gasteiger partial charge >= 0.3 is 0 Å². The zero-order chi connectivity index (χ0) is 12.5. The highest BCUT2D eigenvalue weighted by atomic mass is 16.7. The monoisotopic (exact) mass is 243 g/mol. The molecule has 2 rings (SSSR count). The van der Waals surface area contributed by atoms with Gasteiger partial charge in [0.1, 0.15) is 0 Å². The van der Waals surface area contributed by atoms with Gasteiger partial charge in [0.25, 0.3) is 0 Å². The van der Waals surface area contributed by atoms with Crippen molar-refractivity contribution in [2.24, 2.45) is 0 Å². The molecule has 2 fully saturated rings. The lowest BCUT2D eigenvalue weighted by atomic mass is 10.0. The normalized spacial score (nSPS) is 28.4. The van der Waals surface area contributed by atoms with Crippen molar-refractivity contribution in [2.45, 2.75) is 57.0 Å². The van der Waals surface area contributed by atoms with Crippen molar-refractivity contribution in [1.82, 2.24) is 4.90 Å². The van der Waals surface area contributed by atoms with E-state index in [-0.39, 0.29) is 24.0 Å². The van der Waals surface area contributed by atoms with Gasteiger partial charge in [-0.15, -0.1) is 0 Å². The first-order chi connectivity index (χ1) is 7.97. The third-order valence-corrected chi connectivity index (χ3v) is 4.18. The summed E-state index contributed by atoms with van der Waals surface area (Å²) in [5.74, 6) is -0.269. The van der Waals surface area contributed by atoms with E-state index in [0.717, 1.165) is 19.4 Å². The third-order valence-electron chi connectivity index (χ3n) is 4.18. The van der Waals surface area contributed by atoms with Crippen LogP contribution in [0.2, 0.25) is 0 Å². The molecule has 1 unspecified atom stereocenters. The largest absolute Gasteiger partial charge is 0.394 e. The molecule has 4 nitrogen and oxygen atoms in total. The third kappa shape index (κ3) is 2.81. The summed E-state index contributed by atoms with van der Waals surface area (Å²) in [4.78, 5) is 2.15. The average Bonchev–Trinajstić information content (AvgIpc) is 2.90. The standard InChI is InChI=1S/C13H25NO3/c1-12(2,10-15)14(3)8-11-9-16-13(17-11)6-4-5-7-13/h11,15H,4-10H2,1-3H3. The summed E-state index contributed by atoms with van der Waals surface area (Å²) < 4.78 is 11.9. The second-order valence-electron chi connectivity index (χ2n) is 6.02. The first-order valence-corrected chi connectivity index (χ1v) is 6.61. The van der Waals surface area contributed by atoms with Gasteiger partial charge in [-0.1, -0.05) is 0 Å². The van der Waals surface area contributed by atoms with Gasteiger partial charge in [0.2, 0.25) is 0 Å². The van der Waals surface area contributed by atoms with Gasteiger partial charge in [-0.05, 0) is 33.7 Å². The van der Waals surface area contributed by atoms with Crippen molar-refractivity contribution in [3.8, 4) is 0 Å². The van der Waals surface area contributed by atoms with Crippen LogP contribution in [0.1, 0.15) is 39.5 Å². The fraction of sp³-hybridized carbons (Fsp3) is 1.00. The second-order valence-corrected chi connectivity index (χ2v) is 6.02. The lowest BCUT2D eigenvalue weighted by Gasteiger charge is -2.35. The predicted molar refractivity (Wildman–Crippen MR) is 65.8 cm³/mol. The SMILES string of the molecule is CN(CC1COC2(CCCC2)O1)C(C)(C)CO. The molecule has 0 aromatic rings. The minimum Gasteiger partial charge on any atom is -0.394 e. The molecule has 0 radical (unpaired) electrons. The van der Waals surface area contributed by atoms with Crippen LogP contribution in [-0.2, 0) is 9.47 Å². The molecule has 100 valence electrons. The molecule has 17 heavy (non-hydrogen) atoms. The zero-order valence-corrected chi connectivity index (χ0v) is 11.2. The molecule has 1 aliphatic heterocycles. The number of nitrogens with zero attached hydrogens (tertiary/aromatic N) is 1. The molecule has 2 aliphatic rings. The van der Waals surface area contributed by atoms with Gasteiger partial charge in [0.15, 0.2) is 5.79 Å². The Morgan fingerprint density at radius 2 is 2.00 bits per heavy atom. The van der Waals surface area contributed by atoms with E-state index in [4.69, 9.17) is 9.47 Å². The summed E-state index contributed by atoms with van der Waals surface area (Å²) in [6.07, 6.45) is 4.65. The fourth-order valence-electron chi connectivity index (χ4n) is 2.56. The molecular weight excluding hydrogens is 218 g/mol. The number of aliphatic hydroxyl groups excluding tert-OH is 1. The topological polar surface area (TPSA) is 41.9 Å². The number of ether oxygens (including phenoxy) is 2. The van der Waals surface area contributed by atoms with Crippen molar-refractivity contribution in [2.75, 3.05) is 26.8 Å². The molecule has 0 bridgehead atoms. The van der Waals surface area contributed by atoms with E-state index in [1.165, 1.54) is 12.8 Å². The Balaban J connectivity index is 1.85. The molecule has 0 aromatic carbocycles. The Kier molecular flexibility index (Phi) is 3.78. The molecule has 1 saturated carbocycles. The number of hydrogen-bond acceptors (Lipinski definition) is 4. The van der Waals surface area contributed by atoms with Gasteiger partial charge in [0, 0.05) is 24.9 Å². The lowest BCUT2D eigenvalue weighted by Crippen LogP contribution is -2.48. The smallest absolute Gasteiger partial charge is 0.168 e. The molecule has 1 aliphatic carbocycles. The molecule has 0 aromatic heterocycles. The Bertz CT molecular complexity index is 261. The summed E-state index contributed by atoms with van der Waals surface area (Å²) in [6.45, 7) is 5.73. The van der Waals surface area contributed by atoms with Gasteiger partial charge in [-0.3, -0.25) is 4.90 Å². The summed E-state index contributed by atoms with van der Waals surface area (Å²) in [5.41, 5.74) is -0.200. The Labute approximate surface area is 104 Å². The van der Waals surface area contributed by atoms with Crippen LogP contribution in [0.15, 0.2) is 0 Å². The highest BCUT2D eigenvalue weighted by Crippen LogP contribution is 2.39. The first-order valence-electron chi connectivity index (χ1n) is 6.61. The van der Waals surface area contributed by atoms with Crippen LogP contribution in [0.4, 0.5) is 0 Å². The van der Waals surface area contributed by atoms with Crippen LogP contribution in [0.25, 0.3) is 0 Å². The van der Waals surface area contributed by atoms with Crippen LogP contribution in [-0.4, -0.2) is 54.2 Å². The minimum absolute atomic E-state index is 0.143. The van der Waals surface area contributed by atoms with Crippen molar-refractivity contribution < 1.29 is 14.6 Å². The van der Waals surface area contributed by atoms with E-state index in [1.54, 1.807) is 0 Å². The Morgan fingerprint density at radius 1 is 1.35 bits per heavy atom. The maximum atomic E-state index is 9.33. The number of hydrogen-bond donors (Lipinski definition) is 1. The molecule has 4 heteroatoms. The van der Waals surface area contributed by atoms with Crippen molar-refractivity contribution in [3.05, 3.63) is 0 Å². The summed E-state index contributed by atoms with van der Waals surface area (Å²) in [7, 11) is 2.03. The maximum Gasteiger partial charge on any atom is 0.168 e. The van der Waals surface area contributed by atoms with Crippen molar-refractivity contribution in [3.63, 3.8) is 0 Å². The minimum atomic E-state index is -0.269. The highest BCUT2D eigenvalue weighted by molar-refractivity contribution is 4.87. The number of likely N-dealkylation sites (N-methyl/N-ethyl adjacent to an activating group) is 1. The van der Waals surface area contributed by atoms with E-state index in [0.29, 0.717) is 6.61 Å². The predicted octanol–water partition coefficient (Wildman–Crippen LogP) is 1.37. The van der Waals surface area contributed by atoms with E-state index in [9.17, 15) is 5.11 Å². The quantitative estimate of drug-likeness (QED) is 0.810. The van der Waals surface area contributed by atoms with Gasteiger partial charge in [0.05, 0.1) is 19.3 Å². The molecule has 1 spiro atoms. The van der Waals surface area contributed by atoms with Crippen molar-refractivity contribution in [1.29, 1.82) is 0 Å². The van der Waals surface area contributed by atoms with Crippen LogP contribution < -0.4 is 0 Å². The van der Waals surface area contributed by atoms with Gasteiger partial charge in [-0.25, -0.2) is 0 Å².